The molecule has 6 aliphatic rings. The van der Waals surface area contributed by atoms with Crippen LogP contribution in [0.1, 0.15) is 99.3 Å². The summed E-state index contributed by atoms with van der Waals surface area (Å²) >= 11 is 0. The highest BCUT2D eigenvalue weighted by atomic mass is 16.7. The number of esters is 1. The van der Waals surface area contributed by atoms with Crippen molar-refractivity contribution in [2.75, 3.05) is 13.2 Å². The van der Waals surface area contributed by atoms with Crippen LogP contribution in [0.2, 0.25) is 0 Å². The number of allylic oxidation sites excluding steroid dienone is 1. The smallest absolute Gasteiger partial charge is 0.315 e. The molecular weight excluding hydrogens is 592 g/mol. The van der Waals surface area contributed by atoms with Gasteiger partial charge in [-0.05, 0) is 91.3 Å². The van der Waals surface area contributed by atoms with Crippen LogP contribution in [0.5, 0.6) is 0 Å². The largest absolute Gasteiger partial charge is 0.432 e. The fourth-order valence-corrected chi connectivity index (χ4v) is 12.0. The molecule has 0 aromatic carbocycles. The lowest BCUT2D eigenvalue weighted by molar-refractivity contribution is -0.298. The first kappa shape index (κ1) is 34.7. The molecule has 0 aromatic rings. The number of fused-ring (bicyclic) bond motifs is 7. The molecule has 1 aliphatic heterocycles. The van der Waals surface area contributed by atoms with E-state index in [9.17, 15) is 40.5 Å². The monoisotopic (exact) mass is 650 g/mol. The summed E-state index contributed by atoms with van der Waals surface area (Å²) in [4.78, 5) is 14.4. The predicted molar refractivity (Wildman–Crippen MR) is 168 cm³/mol. The SMILES string of the molecule is CC1(C)CC[C@]2(C(=O)O[C@@H]3O[C@H](CO)[C@@H](O)[C@H](O)[C@H]3O)CC[C@]3(C)C(=CCC4[C@@]5(C)CC[C@H](O)[C@](C)(CO)C5CC[C@]43C)C2[C@@H]1O. The van der Waals surface area contributed by atoms with Gasteiger partial charge in [0.25, 0.3) is 0 Å². The maximum Gasteiger partial charge on any atom is 0.315 e. The summed E-state index contributed by atoms with van der Waals surface area (Å²) in [6, 6.07) is 0. The van der Waals surface area contributed by atoms with Gasteiger partial charge in [0.1, 0.15) is 24.4 Å². The van der Waals surface area contributed by atoms with Gasteiger partial charge >= 0.3 is 5.97 Å². The molecule has 5 fully saturated rings. The molecule has 0 bridgehead atoms. The molecule has 1 saturated heterocycles. The molecule has 5 aliphatic carbocycles. The molecule has 10 nitrogen and oxygen atoms in total. The zero-order valence-electron chi connectivity index (χ0n) is 28.5. The van der Waals surface area contributed by atoms with Gasteiger partial charge in [0, 0.05) is 11.3 Å². The van der Waals surface area contributed by atoms with Crippen molar-refractivity contribution in [1.29, 1.82) is 0 Å². The number of aliphatic hydroxyl groups excluding tert-OH is 7. The van der Waals surface area contributed by atoms with Crippen LogP contribution in [0, 0.1) is 50.2 Å². The Morgan fingerprint density at radius 2 is 1.52 bits per heavy atom. The lowest BCUT2D eigenvalue weighted by Gasteiger charge is -2.71. The van der Waals surface area contributed by atoms with Crippen LogP contribution in [0.4, 0.5) is 0 Å². The first-order chi connectivity index (χ1) is 21.4. The number of rotatable bonds is 4. The highest BCUT2D eigenvalue weighted by Gasteiger charge is 2.71. The Bertz CT molecular complexity index is 1240. The number of hydrogen-bond acceptors (Lipinski definition) is 10. The Kier molecular flexibility index (Phi) is 8.46. The first-order valence-corrected chi connectivity index (χ1v) is 17.6. The second-order valence-electron chi connectivity index (χ2n) is 17.7. The second kappa shape index (κ2) is 11.2. The summed E-state index contributed by atoms with van der Waals surface area (Å²) in [6.07, 6.45) is -0.337. The van der Waals surface area contributed by atoms with Gasteiger partial charge in [0.15, 0.2) is 0 Å². The normalized spacial score (nSPS) is 54.8. The van der Waals surface area contributed by atoms with E-state index >= 15 is 0 Å². The standard InChI is InChI=1S/C36H58O10/c1-31(2)13-15-36(30(44)46-29-27(42)26(41)25(40)20(17-37)45-29)16-14-34(5)19(24(36)28(31)43)7-8-22-32(3)11-10-23(39)33(4,18-38)21(32)9-12-35(22,34)6/h7,20-29,37-43H,8-18H2,1-6H3/t20-,21?,22?,23+,24?,25-,26+,27-,28+,29+,32+,33-,34-,35-,36+/m1/s1. The molecule has 3 unspecified atom stereocenters. The van der Waals surface area contributed by atoms with E-state index in [1.54, 1.807) is 0 Å². The van der Waals surface area contributed by atoms with Gasteiger partial charge in [0.05, 0.1) is 30.8 Å². The highest BCUT2D eigenvalue weighted by Crippen LogP contribution is 2.75. The van der Waals surface area contributed by atoms with Crippen LogP contribution in [0.15, 0.2) is 11.6 Å². The zero-order valence-corrected chi connectivity index (χ0v) is 28.5. The molecule has 4 saturated carbocycles. The number of carbonyl (C=O) groups is 1. The Morgan fingerprint density at radius 3 is 2.17 bits per heavy atom. The summed E-state index contributed by atoms with van der Waals surface area (Å²) in [5.74, 6) is -0.636. The fourth-order valence-electron chi connectivity index (χ4n) is 12.0. The zero-order chi connectivity index (χ0) is 33.8. The summed E-state index contributed by atoms with van der Waals surface area (Å²) in [7, 11) is 0. The fraction of sp³-hybridized carbons (Fsp3) is 0.917. The molecule has 7 N–H and O–H groups in total. The lowest BCUT2D eigenvalue weighted by Crippen LogP contribution is -2.67. The molecule has 262 valence electrons. The van der Waals surface area contributed by atoms with Crippen molar-refractivity contribution in [3.8, 4) is 0 Å². The molecule has 46 heavy (non-hydrogen) atoms. The molecule has 0 spiro atoms. The van der Waals surface area contributed by atoms with Crippen molar-refractivity contribution in [1.82, 2.24) is 0 Å². The van der Waals surface area contributed by atoms with Gasteiger partial charge in [-0.2, -0.15) is 0 Å². The average molecular weight is 651 g/mol. The third-order valence-corrected chi connectivity index (χ3v) is 15.5. The van der Waals surface area contributed by atoms with Crippen LogP contribution in [-0.4, -0.2) is 97.8 Å². The molecule has 15 atom stereocenters. The van der Waals surface area contributed by atoms with E-state index in [2.05, 4.69) is 26.8 Å². The lowest BCUT2D eigenvalue weighted by atomic mass is 9.33. The average Bonchev–Trinajstić information content (AvgIpc) is 3.01. The van der Waals surface area contributed by atoms with Crippen LogP contribution in [0.3, 0.4) is 0 Å². The maximum absolute atomic E-state index is 14.4. The molecule has 0 amide bonds. The molecule has 10 heteroatoms. The van der Waals surface area contributed by atoms with Crippen molar-refractivity contribution in [2.24, 2.45) is 50.2 Å². The van der Waals surface area contributed by atoms with E-state index in [4.69, 9.17) is 9.47 Å². The van der Waals surface area contributed by atoms with E-state index in [1.165, 1.54) is 0 Å². The quantitative estimate of drug-likeness (QED) is 0.177. The Balaban J connectivity index is 1.38. The van der Waals surface area contributed by atoms with Gasteiger partial charge in [-0.3, -0.25) is 4.79 Å². The highest BCUT2D eigenvalue weighted by molar-refractivity contribution is 5.79. The molecule has 6 rings (SSSR count). The minimum absolute atomic E-state index is 0.0430. The Labute approximate surface area is 273 Å². The first-order valence-electron chi connectivity index (χ1n) is 17.6. The van der Waals surface area contributed by atoms with E-state index in [0.29, 0.717) is 38.0 Å². The van der Waals surface area contributed by atoms with Crippen molar-refractivity contribution in [3.63, 3.8) is 0 Å². The second-order valence-corrected chi connectivity index (χ2v) is 17.7. The van der Waals surface area contributed by atoms with E-state index in [-0.39, 0.29) is 28.8 Å². The summed E-state index contributed by atoms with van der Waals surface area (Å²) < 4.78 is 11.4. The topological polar surface area (TPSA) is 177 Å². The number of ether oxygens (including phenoxy) is 2. The third kappa shape index (κ3) is 4.46. The minimum Gasteiger partial charge on any atom is -0.432 e. The van der Waals surface area contributed by atoms with Gasteiger partial charge < -0.3 is 45.2 Å². The van der Waals surface area contributed by atoms with Crippen molar-refractivity contribution < 1.29 is 50.0 Å². The van der Waals surface area contributed by atoms with E-state index in [1.807, 2.05) is 20.8 Å². The van der Waals surface area contributed by atoms with Gasteiger partial charge in [0.2, 0.25) is 6.29 Å². The van der Waals surface area contributed by atoms with Crippen molar-refractivity contribution in [2.45, 2.75) is 142 Å². The number of hydrogen-bond donors (Lipinski definition) is 7. The van der Waals surface area contributed by atoms with Crippen molar-refractivity contribution >= 4 is 5.97 Å². The molecule has 0 aromatic heterocycles. The number of carbonyl (C=O) groups excluding carboxylic acids is 1. The van der Waals surface area contributed by atoms with Gasteiger partial charge in [-0.15, -0.1) is 0 Å². The Hall–Kier alpha value is -1.11. The van der Waals surface area contributed by atoms with E-state index in [0.717, 1.165) is 31.3 Å². The predicted octanol–water partition coefficient (Wildman–Crippen LogP) is 2.44. The number of aliphatic hydroxyl groups is 7. The minimum atomic E-state index is -1.70. The maximum atomic E-state index is 14.4. The van der Waals surface area contributed by atoms with Crippen LogP contribution in [-0.2, 0) is 14.3 Å². The summed E-state index contributed by atoms with van der Waals surface area (Å²) in [6.45, 7) is 12.5. The summed E-state index contributed by atoms with van der Waals surface area (Å²) in [5, 5.41) is 74.8. The van der Waals surface area contributed by atoms with Gasteiger partial charge in [-0.1, -0.05) is 53.2 Å². The van der Waals surface area contributed by atoms with Crippen LogP contribution in [0.25, 0.3) is 0 Å². The van der Waals surface area contributed by atoms with Crippen LogP contribution < -0.4 is 0 Å². The van der Waals surface area contributed by atoms with Crippen molar-refractivity contribution in [3.05, 3.63) is 11.6 Å². The third-order valence-electron chi connectivity index (χ3n) is 15.5. The molecule has 1 heterocycles. The van der Waals surface area contributed by atoms with E-state index < -0.39 is 77.7 Å². The molecular formula is C36H58O10. The van der Waals surface area contributed by atoms with Crippen LogP contribution >= 0.6 is 0 Å². The molecule has 0 radical (unpaired) electrons. The van der Waals surface area contributed by atoms with Gasteiger partial charge in [-0.25, -0.2) is 0 Å². The Morgan fingerprint density at radius 1 is 0.848 bits per heavy atom. The summed E-state index contributed by atoms with van der Waals surface area (Å²) in [5.41, 5.74) is -1.54.